The number of pyridine rings is 1. The van der Waals surface area contributed by atoms with E-state index in [0.717, 1.165) is 0 Å². The van der Waals surface area contributed by atoms with Crippen molar-refractivity contribution >= 4 is 45.1 Å². The normalized spacial score (nSPS) is 10.9. The number of amides is 2. The van der Waals surface area contributed by atoms with Crippen molar-refractivity contribution in [3.8, 4) is 11.3 Å². The molecular weight excluding hydrogens is 466 g/mol. The molecule has 0 radical (unpaired) electrons. The Labute approximate surface area is 203 Å². The number of nitrogens with one attached hydrogen (secondary N) is 3. The molecule has 0 aliphatic carbocycles. The van der Waals surface area contributed by atoms with Crippen LogP contribution < -0.4 is 16.4 Å². The molecule has 0 atom stereocenters. The van der Waals surface area contributed by atoms with E-state index in [1.54, 1.807) is 48.5 Å². The Bertz CT molecular complexity index is 1660. The van der Waals surface area contributed by atoms with Gasteiger partial charge in [0.1, 0.15) is 0 Å². The number of benzene rings is 3. The Morgan fingerprint density at radius 3 is 2.34 bits per heavy atom. The molecular formula is C26H18ClN5O3. The van der Waals surface area contributed by atoms with Gasteiger partial charge in [0.25, 0.3) is 11.5 Å². The second-order valence-electron chi connectivity index (χ2n) is 7.78. The number of halogens is 1. The fourth-order valence-corrected chi connectivity index (χ4v) is 4.10. The molecule has 0 spiro atoms. The molecule has 5 rings (SSSR count). The molecule has 0 fully saturated rings. The van der Waals surface area contributed by atoms with Gasteiger partial charge >= 0.3 is 0 Å². The molecule has 5 aromatic rings. The van der Waals surface area contributed by atoms with E-state index in [1.807, 2.05) is 30.3 Å². The quantitative estimate of drug-likeness (QED) is 0.336. The van der Waals surface area contributed by atoms with Gasteiger partial charge in [0.05, 0.1) is 34.3 Å². The van der Waals surface area contributed by atoms with Gasteiger partial charge in [-0.15, -0.1) is 0 Å². The van der Waals surface area contributed by atoms with Crippen molar-refractivity contribution in [2.24, 2.45) is 0 Å². The number of carbonyl (C=O) groups excluding carboxylic acids is 2. The van der Waals surface area contributed by atoms with Gasteiger partial charge in [-0.3, -0.25) is 25.2 Å². The maximum Gasteiger partial charge on any atom is 0.272 e. The largest absolute Gasteiger partial charge is 0.273 e. The highest BCUT2D eigenvalue weighted by Crippen LogP contribution is 2.29. The van der Waals surface area contributed by atoms with Crippen molar-refractivity contribution in [1.82, 2.24) is 26.0 Å². The smallest absolute Gasteiger partial charge is 0.272 e. The molecule has 0 unspecified atom stereocenters. The van der Waals surface area contributed by atoms with Gasteiger partial charge in [-0.05, 0) is 24.3 Å². The van der Waals surface area contributed by atoms with Gasteiger partial charge in [0.15, 0.2) is 0 Å². The number of nitrogens with zero attached hydrogens (tertiary/aromatic N) is 2. The zero-order valence-electron chi connectivity index (χ0n) is 18.2. The Hall–Kier alpha value is -4.56. The minimum Gasteiger partial charge on any atom is -0.273 e. The third kappa shape index (κ3) is 4.47. The maximum absolute atomic E-state index is 13.1. The molecule has 3 aromatic carbocycles. The predicted molar refractivity (Wildman–Crippen MR) is 134 cm³/mol. The standard InChI is InChI=1S/C26H18ClN5O3/c27-20-11-5-3-10-18(20)22-13-19(16-8-4-6-12-21(16)28-22)26(35)32-30-24(33)14-23-15-7-1-2-9-17(15)25(34)31-29-23/h1-13H,14H2,(H,30,33)(H,31,34)(H,32,35). The summed E-state index contributed by atoms with van der Waals surface area (Å²) in [4.78, 5) is 42.3. The fourth-order valence-electron chi connectivity index (χ4n) is 3.87. The molecule has 0 saturated heterocycles. The molecule has 172 valence electrons. The highest BCUT2D eigenvalue weighted by atomic mass is 35.5. The van der Waals surface area contributed by atoms with Crippen LogP contribution in [0.25, 0.3) is 32.9 Å². The number of aromatic amines is 1. The van der Waals surface area contributed by atoms with E-state index in [2.05, 4.69) is 26.0 Å². The molecule has 8 nitrogen and oxygen atoms in total. The second-order valence-corrected chi connectivity index (χ2v) is 8.18. The lowest BCUT2D eigenvalue weighted by Crippen LogP contribution is -2.42. The number of para-hydroxylation sites is 1. The van der Waals surface area contributed by atoms with Crippen molar-refractivity contribution in [3.63, 3.8) is 0 Å². The fraction of sp³-hybridized carbons (Fsp3) is 0.0385. The Balaban J connectivity index is 1.39. The summed E-state index contributed by atoms with van der Waals surface area (Å²) in [5, 5.41) is 8.53. The summed E-state index contributed by atoms with van der Waals surface area (Å²) in [6, 6.07) is 23.0. The van der Waals surface area contributed by atoms with Crippen LogP contribution in [0.1, 0.15) is 16.1 Å². The third-order valence-electron chi connectivity index (χ3n) is 5.53. The highest BCUT2D eigenvalue weighted by Gasteiger charge is 2.17. The van der Waals surface area contributed by atoms with Crippen LogP contribution in [0, 0.1) is 0 Å². The van der Waals surface area contributed by atoms with Crippen LogP contribution in [0.3, 0.4) is 0 Å². The Morgan fingerprint density at radius 1 is 0.857 bits per heavy atom. The molecule has 9 heteroatoms. The number of carbonyl (C=O) groups is 2. The first kappa shape index (κ1) is 22.2. The molecule has 0 saturated carbocycles. The third-order valence-corrected chi connectivity index (χ3v) is 5.86. The molecule has 35 heavy (non-hydrogen) atoms. The van der Waals surface area contributed by atoms with Crippen LogP contribution in [0.5, 0.6) is 0 Å². The van der Waals surface area contributed by atoms with E-state index in [1.165, 1.54) is 0 Å². The molecule has 2 aromatic heterocycles. The number of hydrazine groups is 1. The van der Waals surface area contributed by atoms with E-state index in [4.69, 9.17) is 11.6 Å². The van der Waals surface area contributed by atoms with E-state index >= 15 is 0 Å². The summed E-state index contributed by atoms with van der Waals surface area (Å²) in [5.41, 5.74) is 7.12. The van der Waals surface area contributed by atoms with Crippen LogP contribution in [0.15, 0.2) is 83.7 Å². The molecule has 0 aliphatic heterocycles. The van der Waals surface area contributed by atoms with Gasteiger partial charge in [-0.2, -0.15) is 5.10 Å². The average Bonchev–Trinajstić information content (AvgIpc) is 2.88. The number of H-pyrrole nitrogens is 1. The molecule has 0 bridgehead atoms. The van der Waals surface area contributed by atoms with Crippen molar-refractivity contribution in [1.29, 1.82) is 0 Å². The zero-order valence-corrected chi connectivity index (χ0v) is 19.0. The van der Waals surface area contributed by atoms with E-state index in [9.17, 15) is 14.4 Å². The van der Waals surface area contributed by atoms with Crippen molar-refractivity contribution in [3.05, 3.63) is 105 Å². The summed E-state index contributed by atoms with van der Waals surface area (Å²) in [5.74, 6) is -1.00. The first-order chi connectivity index (χ1) is 17.0. The minimum atomic E-state index is -0.510. The van der Waals surface area contributed by atoms with Crippen molar-refractivity contribution in [2.45, 2.75) is 6.42 Å². The zero-order chi connectivity index (χ0) is 24.4. The van der Waals surface area contributed by atoms with Gasteiger partial charge in [0.2, 0.25) is 5.91 Å². The van der Waals surface area contributed by atoms with Crippen molar-refractivity contribution < 1.29 is 9.59 Å². The number of aromatic nitrogens is 3. The van der Waals surface area contributed by atoms with Crippen LogP contribution in [-0.4, -0.2) is 27.0 Å². The lowest BCUT2D eigenvalue weighted by molar-refractivity contribution is -0.121. The first-order valence-electron chi connectivity index (χ1n) is 10.7. The summed E-state index contributed by atoms with van der Waals surface area (Å²) >= 11 is 6.35. The number of rotatable bonds is 4. The second kappa shape index (κ2) is 9.36. The summed E-state index contributed by atoms with van der Waals surface area (Å²) in [6.45, 7) is 0. The maximum atomic E-state index is 13.1. The lowest BCUT2D eigenvalue weighted by atomic mass is 10.0. The Morgan fingerprint density at radius 2 is 1.54 bits per heavy atom. The van der Waals surface area contributed by atoms with Gasteiger partial charge in [-0.25, -0.2) is 10.1 Å². The first-order valence-corrected chi connectivity index (χ1v) is 11.1. The SMILES string of the molecule is O=C(Cc1n[nH]c(=O)c2ccccc12)NNC(=O)c1cc(-c2ccccc2Cl)nc2ccccc12. The van der Waals surface area contributed by atoms with Gasteiger partial charge in [0, 0.05) is 21.4 Å². The lowest BCUT2D eigenvalue weighted by Gasteiger charge is -2.12. The van der Waals surface area contributed by atoms with Crippen LogP contribution in [-0.2, 0) is 11.2 Å². The highest BCUT2D eigenvalue weighted by molar-refractivity contribution is 6.33. The number of hydrogen-bond donors (Lipinski definition) is 3. The summed E-state index contributed by atoms with van der Waals surface area (Å²) in [6.07, 6.45) is -0.139. The average molecular weight is 484 g/mol. The van der Waals surface area contributed by atoms with Gasteiger partial charge < -0.3 is 0 Å². The van der Waals surface area contributed by atoms with E-state index in [0.29, 0.717) is 49.2 Å². The molecule has 2 heterocycles. The van der Waals surface area contributed by atoms with Crippen molar-refractivity contribution in [2.75, 3.05) is 0 Å². The molecule has 2 amide bonds. The van der Waals surface area contributed by atoms with Gasteiger partial charge in [-0.1, -0.05) is 66.2 Å². The van der Waals surface area contributed by atoms with E-state index < -0.39 is 11.8 Å². The summed E-state index contributed by atoms with van der Waals surface area (Å²) in [7, 11) is 0. The van der Waals surface area contributed by atoms with Crippen LogP contribution in [0.2, 0.25) is 5.02 Å². The number of fused-ring (bicyclic) bond motifs is 2. The van der Waals surface area contributed by atoms with E-state index in [-0.39, 0.29) is 12.0 Å². The Kier molecular flexibility index (Phi) is 5.95. The minimum absolute atomic E-state index is 0.139. The van der Waals surface area contributed by atoms with Crippen LogP contribution in [0.4, 0.5) is 0 Å². The molecule has 0 aliphatic rings. The number of hydrogen-bond acceptors (Lipinski definition) is 5. The van der Waals surface area contributed by atoms with Crippen LogP contribution >= 0.6 is 11.6 Å². The topological polar surface area (TPSA) is 117 Å². The monoisotopic (exact) mass is 483 g/mol. The summed E-state index contributed by atoms with van der Waals surface area (Å²) < 4.78 is 0. The predicted octanol–water partition coefficient (Wildman–Crippen LogP) is 3.80. The molecule has 3 N–H and O–H groups in total.